The highest BCUT2D eigenvalue weighted by Crippen LogP contribution is 2.28. The molecule has 9 nitrogen and oxygen atoms in total. The van der Waals surface area contributed by atoms with Gasteiger partial charge >= 0.3 is 6.09 Å². The number of likely N-dealkylation sites (tertiary alicyclic amines) is 1. The average Bonchev–Trinajstić information content (AvgIpc) is 2.83. The largest absolute Gasteiger partial charge is 0.443 e. The minimum atomic E-state index is -1.16. The number of aryl methyl sites for hydroxylation is 1. The van der Waals surface area contributed by atoms with E-state index in [-0.39, 0.29) is 18.1 Å². The summed E-state index contributed by atoms with van der Waals surface area (Å²) in [6, 6.07) is 7.91. The number of nitrogens with zero attached hydrogens (tertiary/aromatic N) is 2. The first kappa shape index (κ1) is 32.1. The second-order valence-corrected chi connectivity index (χ2v) is 12.3. The number of carbonyl (C=O) groups is 3. The molecular weight excluding hydrogens is 504 g/mol. The lowest BCUT2D eigenvalue weighted by atomic mass is 9.96. The SMILES string of the molecule is CC(C)(C)NC(=O)[C@@H]1CCCCN1C(C(O)CCc1ccccc1)N(C(=O)OC(C)(C)C)C(=O)[C@@H](N)CS. The Balaban J connectivity index is 2.55. The van der Waals surface area contributed by atoms with Gasteiger partial charge in [0.15, 0.2) is 0 Å². The lowest BCUT2D eigenvalue weighted by molar-refractivity contribution is -0.151. The Bertz CT molecular complexity index is 931. The molecule has 0 bridgehead atoms. The average molecular weight is 551 g/mol. The maximum absolute atomic E-state index is 13.6. The van der Waals surface area contributed by atoms with Crippen LogP contribution in [0.2, 0.25) is 0 Å². The number of thiol groups is 1. The molecule has 38 heavy (non-hydrogen) atoms. The van der Waals surface area contributed by atoms with E-state index in [0.29, 0.717) is 19.4 Å². The van der Waals surface area contributed by atoms with E-state index in [9.17, 15) is 19.5 Å². The highest BCUT2D eigenvalue weighted by molar-refractivity contribution is 7.80. The molecule has 0 aromatic heterocycles. The van der Waals surface area contributed by atoms with Crippen LogP contribution in [0.15, 0.2) is 30.3 Å². The molecule has 10 heteroatoms. The van der Waals surface area contributed by atoms with Gasteiger partial charge < -0.3 is 20.9 Å². The molecule has 0 radical (unpaired) electrons. The van der Waals surface area contributed by atoms with Crippen LogP contribution in [-0.4, -0.2) is 80.6 Å². The van der Waals surface area contributed by atoms with Crippen molar-refractivity contribution in [1.82, 2.24) is 15.1 Å². The van der Waals surface area contributed by atoms with Gasteiger partial charge in [0, 0.05) is 17.8 Å². The first-order valence-electron chi connectivity index (χ1n) is 13.4. The number of rotatable bonds is 9. The Morgan fingerprint density at radius 1 is 1.16 bits per heavy atom. The monoisotopic (exact) mass is 550 g/mol. The highest BCUT2D eigenvalue weighted by atomic mass is 32.1. The molecule has 1 aliphatic heterocycles. The zero-order valence-corrected chi connectivity index (χ0v) is 24.5. The number of nitrogens with one attached hydrogen (secondary N) is 1. The van der Waals surface area contributed by atoms with Crippen molar-refractivity contribution in [3.8, 4) is 0 Å². The van der Waals surface area contributed by atoms with Crippen LogP contribution in [0.3, 0.4) is 0 Å². The van der Waals surface area contributed by atoms with Crippen molar-refractivity contribution < 1.29 is 24.2 Å². The van der Waals surface area contributed by atoms with Gasteiger partial charge in [0.1, 0.15) is 11.8 Å². The van der Waals surface area contributed by atoms with E-state index in [0.717, 1.165) is 23.3 Å². The first-order chi connectivity index (χ1) is 17.6. The number of nitrogens with two attached hydrogens (primary N) is 1. The molecule has 2 unspecified atom stereocenters. The summed E-state index contributed by atoms with van der Waals surface area (Å²) < 4.78 is 5.62. The van der Waals surface area contributed by atoms with E-state index in [1.807, 2.05) is 51.1 Å². The van der Waals surface area contributed by atoms with E-state index >= 15 is 0 Å². The van der Waals surface area contributed by atoms with E-state index in [1.165, 1.54) is 0 Å². The first-order valence-corrected chi connectivity index (χ1v) is 14.0. The molecule has 1 heterocycles. The fourth-order valence-electron chi connectivity index (χ4n) is 4.55. The molecule has 2 rings (SSSR count). The molecule has 0 spiro atoms. The van der Waals surface area contributed by atoms with Gasteiger partial charge in [0.25, 0.3) is 5.91 Å². The third-order valence-corrected chi connectivity index (χ3v) is 6.60. The van der Waals surface area contributed by atoms with Crippen LogP contribution in [-0.2, 0) is 20.7 Å². The number of aliphatic hydroxyl groups excluding tert-OH is 1. The predicted molar refractivity (Wildman–Crippen MR) is 152 cm³/mol. The third kappa shape index (κ3) is 9.55. The topological polar surface area (TPSA) is 125 Å². The molecular formula is C28H46N4O5S. The summed E-state index contributed by atoms with van der Waals surface area (Å²) in [6.07, 6.45) is -0.382. The molecule has 1 aliphatic rings. The minimum Gasteiger partial charge on any atom is -0.443 e. The fourth-order valence-corrected chi connectivity index (χ4v) is 4.71. The molecule has 0 saturated carbocycles. The molecule has 4 atom stereocenters. The van der Waals surface area contributed by atoms with Crippen LogP contribution in [0.5, 0.6) is 0 Å². The number of hydrogen-bond donors (Lipinski definition) is 4. The number of piperidine rings is 1. The zero-order chi connectivity index (χ0) is 28.7. The van der Waals surface area contributed by atoms with Crippen LogP contribution in [0.25, 0.3) is 0 Å². The van der Waals surface area contributed by atoms with Crippen molar-refractivity contribution in [3.05, 3.63) is 35.9 Å². The predicted octanol–water partition coefficient (Wildman–Crippen LogP) is 3.10. The number of hydrogen-bond acceptors (Lipinski definition) is 8. The van der Waals surface area contributed by atoms with E-state index in [1.54, 1.807) is 25.7 Å². The van der Waals surface area contributed by atoms with E-state index in [4.69, 9.17) is 10.5 Å². The highest BCUT2D eigenvalue weighted by Gasteiger charge is 2.46. The van der Waals surface area contributed by atoms with Crippen LogP contribution in [0.1, 0.15) is 72.8 Å². The molecule has 1 aromatic carbocycles. The summed E-state index contributed by atoms with van der Waals surface area (Å²) in [5.41, 5.74) is 5.71. The lowest BCUT2D eigenvalue weighted by Crippen LogP contribution is -2.67. The maximum Gasteiger partial charge on any atom is 0.418 e. The number of ether oxygens (including phenoxy) is 1. The lowest BCUT2D eigenvalue weighted by Gasteiger charge is -2.46. The van der Waals surface area contributed by atoms with Crippen LogP contribution >= 0.6 is 12.6 Å². The van der Waals surface area contributed by atoms with Gasteiger partial charge in [-0.2, -0.15) is 12.6 Å². The van der Waals surface area contributed by atoms with Gasteiger partial charge in [0.05, 0.1) is 18.2 Å². The van der Waals surface area contributed by atoms with Gasteiger partial charge in [0.2, 0.25) is 5.91 Å². The standard InChI is InChI=1S/C28H46N4O5S/c1-27(2,3)30-23(34)21-14-10-11-17-31(21)24(22(33)16-15-19-12-8-7-9-13-19)32(25(35)20(29)18-38)26(36)37-28(4,5)6/h7-9,12-13,20-22,24,33,38H,10-11,14-18,29H2,1-6H3,(H,30,34)/t20-,21-,22?,24?/m0/s1. The number of imide groups is 1. The van der Waals surface area contributed by atoms with Gasteiger partial charge in [-0.15, -0.1) is 0 Å². The Labute approximate surface area is 232 Å². The Morgan fingerprint density at radius 2 is 1.79 bits per heavy atom. The smallest absolute Gasteiger partial charge is 0.418 e. The zero-order valence-electron chi connectivity index (χ0n) is 23.6. The summed E-state index contributed by atoms with van der Waals surface area (Å²) in [4.78, 5) is 43.2. The summed E-state index contributed by atoms with van der Waals surface area (Å²) in [5.74, 6) is -0.926. The van der Waals surface area contributed by atoms with Crippen molar-refractivity contribution in [3.63, 3.8) is 0 Å². The number of amides is 3. The molecule has 3 amide bonds. The quantitative estimate of drug-likeness (QED) is 0.348. The molecule has 214 valence electrons. The van der Waals surface area contributed by atoms with Crippen LogP contribution < -0.4 is 11.1 Å². The minimum absolute atomic E-state index is 0.00109. The Hall–Kier alpha value is -2.14. The van der Waals surface area contributed by atoms with Gasteiger partial charge in [-0.25, -0.2) is 9.69 Å². The summed E-state index contributed by atoms with van der Waals surface area (Å²) in [7, 11) is 0. The molecule has 1 saturated heterocycles. The summed E-state index contributed by atoms with van der Waals surface area (Å²) >= 11 is 4.17. The van der Waals surface area contributed by atoms with E-state index < -0.39 is 47.5 Å². The second kappa shape index (κ2) is 13.8. The van der Waals surface area contributed by atoms with Crippen molar-refractivity contribution in [1.29, 1.82) is 0 Å². The van der Waals surface area contributed by atoms with Crippen molar-refractivity contribution >= 4 is 30.5 Å². The maximum atomic E-state index is 13.6. The van der Waals surface area contributed by atoms with Gasteiger partial charge in [-0.3, -0.25) is 14.5 Å². The Kier molecular flexibility index (Phi) is 11.6. The molecule has 1 aromatic rings. The molecule has 0 aliphatic carbocycles. The number of carbonyl (C=O) groups excluding carboxylic acids is 3. The molecule has 4 N–H and O–H groups in total. The van der Waals surface area contributed by atoms with E-state index in [2.05, 4.69) is 17.9 Å². The van der Waals surface area contributed by atoms with Gasteiger partial charge in [-0.05, 0) is 72.8 Å². The van der Waals surface area contributed by atoms with Crippen molar-refractivity contribution in [2.24, 2.45) is 5.73 Å². The fraction of sp³-hybridized carbons (Fsp3) is 0.679. The second-order valence-electron chi connectivity index (χ2n) is 12.0. The van der Waals surface area contributed by atoms with Crippen molar-refractivity contribution in [2.45, 2.75) is 109 Å². The van der Waals surface area contributed by atoms with Crippen molar-refractivity contribution in [2.75, 3.05) is 12.3 Å². The number of benzene rings is 1. The van der Waals surface area contributed by atoms with Crippen LogP contribution in [0, 0.1) is 0 Å². The summed E-state index contributed by atoms with van der Waals surface area (Å²) in [6.45, 7) is 11.2. The van der Waals surface area contributed by atoms with Crippen LogP contribution in [0.4, 0.5) is 4.79 Å². The third-order valence-electron chi connectivity index (χ3n) is 6.21. The van der Waals surface area contributed by atoms with Gasteiger partial charge in [-0.1, -0.05) is 36.8 Å². The number of aliphatic hydroxyl groups is 1. The summed E-state index contributed by atoms with van der Waals surface area (Å²) in [5, 5.41) is 14.7. The molecule has 1 fully saturated rings. The Morgan fingerprint density at radius 3 is 2.34 bits per heavy atom. The normalized spacial score (nSPS) is 19.2.